The summed E-state index contributed by atoms with van der Waals surface area (Å²) >= 11 is 0. The number of hydrogen-bond acceptors (Lipinski definition) is 7. The fraction of sp³-hybridized carbons (Fsp3) is 0.417. The number of carbonyl (C=O) groups is 2. The molecule has 174 valence electrons. The number of sulfone groups is 1. The Bertz CT molecular complexity index is 1050. The summed E-state index contributed by atoms with van der Waals surface area (Å²) in [6.45, 7) is 2.15. The highest BCUT2D eigenvalue weighted by Gasteiger charge is 2.31. The van der Waals surface area contributed by atoms with Gasteiger partial charge in [-0.15, -0.1) is 0 Å². The number of benzene rings is 2. The lowest BCUT2D eigenvalue weighted by Crippen LogP contribution is -2.17. The van der Waals surface area contributed by atoms with Gasteiger partial charge in [0.05, 0.1) is 35.1 Å². The highest BCUT2D eigenvalue weighted by atomic mass is 32.2. The summed E-state index contributed by atoms with van der Waals surface area (Å²) in [6, 6.07) is 7.12. The molecule has 0 saturated heterocycles. The first-order valence-electron chi connectivity index (χ1n) is 10.7. The van der Waals surface area contributed by atoms with Crippen molar-refractivity contribution in [2.75, 3.05) is 20.0 Å². The maximum absolute atomic E-state index is 13.4. The molecule has 0 spiro atoms. The van der Waals surface area contributed by atoms with Crippen LogP contribution in [0.2, 0.25) is 0 Å². The number of hydrogen-bond donors (Lipinski definition) is 1. The van der Waals surface area contributed by atoms with Gasteiger partial charge < -0.3 is 15.2 Å². The zero-order valence-electron chi connectivity index (χ0n) is 18.8. The van der Waals surface area contributed by atoms with E-state index in [2.05, 4.69) is 6.92 Å². The van der Waals surface area contributed by atoms with Crippen molar-refractivity contribution < 1.29 is 27.5 Å². The standard InChI is InChI=1S/C24H31NO6S/c1-4-5-6-7-8-9-10-17-15-20(24(27)31-3)23(21(16-26)22(17)25)32(28,29)19-13-11-18(30-2)12-14-19/h11-16H,4-10,25H2,1-3H3. The Hall–Kier alpha value is -2.87. The number of esters is 1. The van der Waals surface area contributed by atoms with E-state index in [0.717, 1.165) is 39.2 Å². The Morgan fingerprint density at radius 2 is 1.66 bits per heavy atom. The van der Waals surface area contributed by atoms with Crippen LogP contribution in [0.25, 0.3) is 0 Å². The van der Waals surface area contributed by atoms with Crippen LogP contribution in [0, 0.1) is 0 Å². The molecule has 0 heterocycles. The van der Waals surface area contributed by atoms with Gasteiger partial charge in [-0.2, -0.15) is 0 Å². The molecule has 2 aromatic carbocycles. The lowest BCUT2D eigenvalue weighted by Gasteiger charge is -2.17. The van der Waals surface area contributed by atoms with Gasteiger partial charge in [-0.1, -0.05) is 39.0 Å². The monoisotopic (exact) mass is 461 g/mol. The molecule has 2 rings (SSSR count). The van der Waals surface area contributed by atoms with Crippen LogP contribution in [0.1, 0.15) is 71.7 Å². The summed E-state index contributed by atoms with van der Waals surface area (Å²) in [5.74, 6) is -0.370. The summed E-state index contributed by atoms with van der Waals surface area (Å²) in [4.78, 5) is 24.0. The summed E-state index contributed by atoms with van der Waals surface area (Å²) in [5, 5.41) is 0. The fourth-order valence-corrected chi connectivity index (χ4v) is 5.21. The third kappa shape index (κ3) is 5.68. The third-order valence-electron chi connectivity index (χ3n) is 5.41. The number of aryl methyl sites for hydroxylation is 1. The second-order valence-electron chi connectivity index (χ2n) is 7.55. The van der Waals surface area contributed by atoms with Crippen molar-refractivity contribution in [3.63, 3.8) is 0 Å². The molecule has 2 aromatic rings. The SMILES string of the molecule is CCCCCCCCc1cc(C(=O)OC)c(S(=O)(=O)c2ccc(OC)cc2)c(C=O)c1N. The quantitative estimate of drug-likeness (QED) is 0.212. The van der Waals surface area contributed by atoms with Crippen molar-refractivity contribution in [1.82, 2.24) is 0 Å². The molecule has 32 heavy (non-hydrogen) atoms. The highest BCUT2D eigenvalue weighted by Crippen LogP contribution is 2.34. The van der Waals surface area contributed by atoms with E-state index in [4.69, 9.17) is 15.2 Å². The minimum atomic E-state index is -4.23. The molecule has 0 fully saturated rings. The lowest BCUT2D eigenvalue weighted by molar-refractivity contribution is 0.0596. The number of methoxy groups -OCH3 is 2. The van der Waals surface area contributed by atoms with E-state index in [-0.39, 0.29) is 21.7 Å². The van der Waals surface area contributed by atoms with Crippen molar-refractivity contribution in [1.29, 1.82) is 0 Å². The average Bonchev–Trinajstić information content (AvgIpc) is 2.81. The van der Waals surface area contributed by atoms with Crippen molar-refractivity contribution in [3.05, 3.63) is 47.0 Å². The van der Waals surface area contributed by atoms with Crippen molar-refractivity contribution in [2.45, 2.75) is 61.7 Å². The first kappa shape index (κ1) is 25.4. The van der Waals surface area contributed by atoms with Crippen LogP contribution in [0.4, 0.5) is 5.69 Å². The molecule has 8 heteroatoms. The van der Waals surface area contributed by atoms with Crippen LogP contribution in [-0.2, 0) is 21.0 Å². The normalized spacial score (nSPS) is 11.2. The van der Waals surface area contributed by atoms with Gasteiger partial charge in [0.25, 0.3) is 0 Å². The van der Waals surface area contributed by atoms with Gasteiger partial charge in [-0.25, -0.2) is 13.2 Å². The highest BCUT2D eigenvalue weighted by molar-refractivity contribution is 7.91. The molecular weight excluding hydrogens is 430 g/mol. The number of nitrogen functional groups attached to an aromatic ring is 1. The van der Waals surface area contributed by atoms with Crippen molar-refractivity contribution in [3.8, 4) is 5.75 Å². The van der Waals surface area contributed by atoms with Crippen LogP contribution in [0.15, 0.2) is 40.1 Å². The molecule has 0 amide bonds. The Morgan fingerprint density at radius 1 is 1.03 bits per heavy atom. The van der Waals surface area contributed by atoms with Gasteiger partial charge in [-0.05, 0) is 48.7 Å². The van der Waals surface area contributed by atoms with Crippen molar-refractivity contribution >= 4 is 27.8 Å². The van der Waals surface area contributed by atoms with Crippen LogP contribution >= 0.6 is 0 Å². The molecule has 0 aliphatic rings. The molecular formula is C24H31NO6S. The topological polar surface area (TPSA) is 113 Å². The Labute approximate surface area is 189 Å². The summed E-state index contributed by atoms with van der Waals surface area (Å²) < 4.78 is 36.7. The maximum atomic E-state index is 13.4. The second kappa shape index (κ2) is 11.7. The number of carbonyl (C=O) groups excluding carboxylic acids is 2. The minimum Gasteiger partial charge on any atom is -0.497 e. The van der Waals surface area contributed by atoms with Crippen LogP contribution in [0.3, 0.4) is 0 Å². The predicted octanol–water partition coefficient (Wildman–Crippen LogP) is 4.61. The van der Waals surface area contributed by atoms with Gasteiger partial charge in [0, 0.05) is 5.69 Å². The summed E-state index contributed by atoms with van der Waals surface area (Å²) in [7, 11) is -1.61. The largest absolute Gasteiger partial charge is 0.497 e. The number of ether oxygens (including phenoxy) is 2. The van der Waals surface area contributed by atoms with Crippen LogP contribution < -0.4 is 10.5 Å². The van der Waals surface area contributed by atoms with Crippen LogP contribution in [-0.4, -0.2) is 34.9 Å². The van der Waals surface area contributed by atoms with E-state index >= 15 is 0 Å². The van der Waals surface area contributed by atoms with Gasteiger partial charge in [0.2, 0.25) is 9.84 Å². The molecule has 0 aliphatic heterocycles. The molecule has 2 N–H and O–H groups in total. The first-order chi connectivity index (χ1) is 15.3. The van der Waals surface area contributed by atoms with E-state index in [1.165, 1.54) is 43.9 Å². The molecule has 0 unspecified atom stereocenters. The van der Waals surface area contributed by atoms with E-state index < -0.39 is 20.7 Å². The fourth-order valence-electron chi connectivity index (χ4n) is 3.60. The van der Waals surface area contributed by atoms with E-state index in [1.807, 2.05) is 0 Å². The Kier molecular flexibility index (Phi) is 9.26. The van der Waals surface area contributed by atoms with Crippen molar-refractivity contribution in [2.24, 2.45) is 0 Å². The molecule has 0 aliphatic carbocycles. The zero-order chi connectivity index (χ0) is 23.7. The number of nitrogens with two attached hydrogens (primary N) is 1. The molecule has 0 aromatic heterocycles. The average molecular weight is 462 g/mol. The van der Waals surface area contributed by atoms with E-state index in [9.17, 15) is 18.0 Å². The zero-order valence-corrected chi connectivity index (χ0v) is 19.7. The summed E-state index contributed by atoms with van der Waals surface area (Å²) in [5.41, 5.74) is 6.45. The predicted molar refractivity (Wildman–Crippen MR) is 123 cm³/mol. The lowest BCUT2D eigenvalue weighted by atomic mass is 9.98. The minimum absolute atomic E-state index is 0.0771. The molecule has 0 radical (unpaired) electrons. The number of unbranched alkanes of at least 4 members (excludes halogenated alkanes) is 5. The second-order valence-corrected chi connectivity index (χ2v) is 9.43. The molecule has 0 saturated carbocycles. The number of rotatable bonds is 12. The number of anilines is 1. The van der Waals surface area contributed by atoms with Crippen LogP contribution in [0.5, 0.6) is 5.75 Å². The first-order valence-corrected chi connectivity index (χ1v) is 12.2. The third-order valence-corrected chi connectivity index (χ3v) is 7.28. The Morgan fingerprint density at radius 3 is 2.22 bits per heavy atom. The smallest absolute Gasteiger partial charge is 0.339 e. The number of aldehydes is 1. The van der Waals surface area contributed by atoms with E-state index in [0.29, 0.717) is 24.0 Å². The molecule has 0 bridgehead atoms. The van der Waals surface area contributed by atoms with Gasteiger partial charge >= 0.3 is 5.97 Å². The summed E-state index contributed by atoms with van der Waals surface area (Å²) in [6.07, 6.45) is 7.30. The van der Waals surface area contributed by atoms with E-state index in [1.54, 1.807) is 0 Å². The van der Waals surface area contributed by atoms with Gasteiger partial charge in [0.15, 0.2) is 6.29 Å². The maximum Gasteiger partial charge on any atom is 0.339 e. The molecule has 7 nitrogen and oxygen atoms in total. The molecule has 0 atom stereocenters. The Balaban J connectivity index is 2.53. The van der Waals surface area contributed by atoms with Gasteiger partial charge in [0.1, 0.15) is 5.75 Å². The van der Waals surface area contributed by atoms with Gasteiger partial charge in [-0.3, -0.25) is 4.79 Å².